The minimum Gasteiger partial charge on any atom is -0.493 e. The summed E-state index contributed by atoms with van der Waals surface area (Å²) in [6.45, 7) is 2.54. The number of thioether (sulfide) groups is 1. The van der Waals surface area contributed by atoms with E-state index in [4.69, 9.17) is 4.74 Å². The Morgan fingerprint density at radius 2 is 2.14 bits per heavy atom. The first-order valence-corrected chi connectivity index (χ1v) is 9.96. The normalized spacial score (nSPS) is 15.1. The summed E-state index contributed by atoms with van der Waals surface area (Å²) >= 11 is 0.886. The Bertz CT molecular complexity index is 931. The first-order chi connectivity index (χ1) is 14.0. The van der Waals surface area contributed by atoms with Crippen LogP contribution in [0.15, 0.2) is 53.7 Å². The summed E-state index contributed by atoms with van der Waals surface area (Å²) in [5, 5.41) is 2.36. The molecule has 0 spiro atoms. The Hall–Kier alpha value is -3.13. The van der Waals surface area contributed by atoms with E-state index >= 15 is 0 Å². The molecule has 0 saturated carbocycles. The van der Waals surface area contributed by atoms with E-state index in [-0.39, 0.29) is 43.2 Å². The molecule has 0 aliphatic carbocycles. The fourth-order valence-electron chi connectivity index (χ4n) is 2.67. The molecule has 0 unspecified atom stereocenters. The lowest BCUT2D eigenvalue weighted by Crippen LogP contribution is -2.37. The van der Waals surface area contributed by atoms with Crippen molar-refractivity contribution in [3.8, 4) is 5.75 Å². The fourth-order valence-corrected chi connectivity index (χ4v) is 3.53. The van der Waals surface area contributed by atoms with Crippen LogP contribution in [0.25, 0.3) is 6.08 Å². The topological polar surface area (TPSA) is 88.6 Å². The van der Waals surface area contributed by atoms with Crippen LogP contribution < -0.4 is 10.1 Å². The number of ether oxygens (including phenoxy) is 1. The molecule has 1 N–H and O–H groups in total. The quantitative estimate of drug-likeness (QED) is 0.672. The molecule has 7 nitrogen and oxygen atoms in total. The van der Waals surface area contributed by atoms with Crippen molar-refractivity contribution in [2.24, 2.45) is 0 Å². The van der Waals surface area contributed by atoms with Crippen LogP contribution in [0.2, 0.25) is 0 Å². The zero-order valence-corrected chi connectivity index (χ0v) is 16.8. The van der Waals surface area contributed by atoms with E-state index in [1.807, 2.05) is 31.2 Å². The maximum Gasteiger partial charge on any atom is 0.293 e. The third-order valence-corrected chi connectivity index (χ3v) is 5.01. The second-order valence-corrected chi connectivity index (χ2v) is 7.38. The first kappa shape index (κ1) is 20.6. The van der Waals surface area contributed by atoms with Gasteiger partial charge in [-0.1, -0.05) is 18.2 Å². The number of nitrogens with zero attached hydrogens (tertiary/aromatic N) is 2. The van der Waals surface area contributed by atoms with E-state index in [0.29, 0.717) is 4.91 Å². The van der Waals surface area contributed by atoms with Crippen molar-refractivity contribution in [3.63, 3.8) is 0 Å². The number of hydrogen-bond donors (Lipinski definition) is 1. The van der Waals surface area contributed by atoms with Crippen molar-refractivity contribution in [3.05, 3.63) is 64.8 Å². The van der Waals surface area contributed by atoms with Gasteiger partial charge in [0, 0.05) is 25.5 Å². The van der Waals surface area contributed by atoms with Gasteiger partial charge in [0.15, 0.2) is 0 Å². The Labute approximate surface area is 173 Å². The maximum atomic E-state index is 12.4. The summed E-state index contributed by atoms with van der Waals surface area (Å²) in [6.07, 6.45) is 5.08. The van der Waals surface area contributed by atoms with Gasteiger partial charge in [-0.05, 0) is 54.1 Å². The zero-order valence-electron chi connectivity index (χ0n) is 16.0. The highest BCUT2D eigenvalue weighted by atomic mass is 32.2. The van der Waals surface area contributed by atoms with E-state index < -0.39 is 0 Å². The average molecular weight is 411 g/mol. The monoisotopic (exact) mass is 411 g/mol. The van der Waals surface area contributed by atoms with Crippen LogP contribution in [0.1, 0.15) is 17.5 Å². The molecule has 150 valence electrons. The Balaban J connectivity index is 1.41. The molecule has 0 atom stereocenters. The highest BCUT2D eigenvalue weighted by molar-refractivity contribution is 8.18. The number of aryl methyl sites for hydroxylation is 1. The molecular formula is C21H21N3O4S. The predicted molar refractivity (Wildman–Crippen MR) is 111 cm³/mol. The van der Waals surface area contributed by atoms with Crippen molar-refractivity contribution < 1.29 is 19.1 Å². The maximum absolute atomic E-state index is 12.4. The third kappa shape index (κ3) is 5.92. The number of imide groups is 1. The van der Waals surface area contributed by atoms with Crippen LogP contribution in [0, 0.1) is 6.92 Å². The largest absolute Gasteiger partial charge is 0.493 e. The zero-order chi connectivity index (χ0) is 20.6. The van der Waals surface area contributed by atoms with Crippen molar-refractivity contribution in [1.29, 1.82) is 0 Å². The van der Waals surface area contributed by atoms with Crippen molar-refractivity contribution in [1.82, 2.24) is 15.2 Å². The number of pyridine rings is 1. The van der Waals surface area contributed by atoms with E-state index in [1.165, 1.54) is 0 Å². The van der Waals surface area contributed by atoms with E-state index in [0.717, 1.165) is 33.5 Å². The van der Waals surface area contributed by atoms with Gasteiger partial charge in [0.05, 0.1) is 17.9 Å². The van der Waals surface area contributed by atoms with E-state index in [9.17, 15) is 14.4 Å². The van der Waals surface area contributed by atoms with Crippen molar-refractivity contribution in [2.45, 2.75) is 13.3 Å². The number of hydrogen-bond acceptors (Lipinski definition) is 6. The smallest absolute Gasteiger partial charge is 0.293 e. The van der Waals surface area contributed by atoms with Gasteiger partial charge >= 0.3 is 0 Å². The van der Waals surface area contributed by atoms with Crippen LogP contribution in [0.5, 0.6) is 5.75 Å². The number of aromatic nitrogens is 1. The van der Waals surface area contributed by atoms with Crippen LogP contribution >= 0.6 is 11.8 Å². The second-order valence-electron chi connectivity index (χ2n) is 6.38. The van der Waals surface area contributed by atoms with Crippen LogP contribution in [-0.4, -0.2) is 46.6 Å². The van der Waals surface area contributed by atoms with Gasteiger partial charge in [-0.3, -0.25) is 24.3 Å². The summed E-state index contributed by atoms with van der Waals surface area (Å²) < 4.78 is 5.55. The van der Waals surface area contributed by atoms with Gasteiger partial charge in [0.2, 0.25) is 5.91 Å². The van der Waals surface area contributed by atoms with E-state index in [2.05, 4.69) is 10.3 Å². The molecule has 0 bridgehead atoms. The number of amides is 3. The third-order valence-electron chi connectivity index (χ3n) is 4.10. The number of benzene rings is 1. The summed E-state index contributed by atoms with van der Waals surface area (Å²) in [4.78, 5) is 41.9. The van der Waals surface area contributed by atoms with Crippen LogP contribution in [-0.2, 0) is 9.59 Å². The highest BCUT2D eigenvalue weighted by Gasteiger charge is 2.34. The lowest BCUT2D eigenvalue weighted by Gasteiger charge is -2.13. The molecule has 0 radical (unpaired) electrons. The average Bonchev–Trinajstić information content (AvgIpc) is 2.96. The van der Waals surface area contributed by atoms with Crippen molar-refractivity contribution >= 4 is 34.9 Å². The number of carbonyl (C=O) groups is 3. The predicted octanol–water partition coefficient (Wildman–Crippen LogP) is 3.01. The van der Waals surface area contributed by atoms with Gasteiger partial charge in [-0.2, -0.15) is 0 Å². The molecule has 8 heteroatoms. The molecule has 2 heterocycles. The molecule has 1 aliphatic heterocycles. The molecule has 29 heavy (non-hydrogen) atoms. The number of carbonyl (C=O) groups excluding carboxylic acids is 3. The SMILES string of the molecule is Cc1cccc(OCCC(=O)NCCN2C(=O)SC(=Cc3cccnc3)C2=O)c1. The molecule has 1 fully saturated rings. The second kappa shape index (κ2) is 9.88. The lowest BCUT2D eigenvalue weighted by atomic mass is 10.2. The fraction of sp³-hybridized carbons (Fsp3) is 0.238. The minimum absolute atomic E-state index is 0.125. The number of nitrogens with one attached hydrogen (secondary N) is 1. The van der Waals surface area contributed by atoms with Crippen molar-refractivity contribution in [2.75, 3.05) is 19.7 Å². The highest BCUT2D eigenvalue weighted by Crippen LogP contribution is 2.31. The first-order valence-electron chi connectivity index (χ1n) is 9.14. The molecule has 3 amide bonds. The lowest BCUT2D eigenvalue weighted by molar-refractivity contribution is -0.124. The van der Waals surface area contributed by atoms with Gasteiger partial charge in [0.25, 0.3) is 11.1 Å². The van der Waals surface area contributed by atoms with E-state index in [1.54, 1.807) is 30.6 Å². The van der Waals surface area contributed by atoms with Gasteiger partial charge < -0.3 is 10.1 Å². The van der Waals surface area contributed by atoms with Gasteiger partial charge in [-0.15, -0.1) is 0 Å². The molecule has 1 aliphatic rings. The van der Waals surface area contributed by atoms with Gasteiger partial charge in [-0.25, -0.2) is 0 Å². The molecule has 1 saturated heterocycles. The Kier molecular flexibility index (Phi) is 7.02. The number of rotatable bonds is 8. The van der Waals surface area contributed by atoms with Gasteiger partial charge in [0.1, 0.15) is 5.75 Å². The summed E-state index contributed by atoms with van der Waals surface area (Å²) in [5.74, 6) is 0.160. The summed E-state index contributed by atoms with van der Waals surface area (Å²) in [6, 6.07) is 11.2. The molecule has 1 aromatic carbocycles. The standard InChI is InChI=1S/C21H21N3O4S/c1-15-4-2-6-17(12-15)28-11-7-19(25)23-9-10-24-20(26)18(29-21(24)27)13-16-5-3-8-22-14-16/h2-6,8,12-14H,7,9-11H2,1H3,(H,23,25). The molecular weight excluding hydrogens is 390 g/mol. The Morgan fingerprint density at radius 3 is 2.90 bits per heavy atom. The molecule has 2 aromatic rings. The molecule has 1 aromatic heterocycles. The minimum atomic E-state index is -0.360. The van der Waals surface area contributed by atoms with Crippen LogP contribution in [0.3, 0.4) is 0 Å². The summed E-state index contributed by atoms with van der Waals surface area (Å²) in [7, 11) is 0. The van der Waals surface area contributed by atoms with Crippen LogP contribution in [0.4, 0.5) is 4.79 Å². The molecule has 3 rings (SSSR count). The Morgan fingerprint density at radius 1 is 1.28 bits per heavy atom. The summed E-state index contributed by atoms with van der Waals surface area (Å²) in [5.41, 5.74) is 1.83.